The van der Waals surface area contributed by atoms with E-state index in [2.05, 4.69) is 25.4 Å². The minimum absolute atomic E-state index is 0.556. The average molecular weight is 414 g/mol. The molecule has 0 saturated carbocycles. The van der Waals surface area contributed by atoms with Gasteiger partial charge in [0.1, 0.15) is 11.6 Å². The van der Waals surface area contributed by atoms with E-state index < -0.39 is 0 Å². The lowest BCUT2D eigenvalue weighted by molar-refractivity contribution is 0.414. The maximum absolute atomic E-state index is 5.22. The molecule has 3 rings (SSSR count). The molecular formula is C20H27N7OS. The standard InChI is InChI=1S/C20H27N7OS/c1-15-24-25-18(27(15)3)14-23-20(26(2)11-9-19-21-10-12-29-19)22-13-16-5-7-17(28-4)8-6-16/h5-8,10,12H,9,11,13-14H2,1-4H3,(H,22,23). The summed E-state index contributed by atoms with van der Waals surface area (Å²) in [7, 11) is 5.67. The third kappa shape index (κ3) is 5.77. The van der Waals surface area contributed by atoms with Crippen LogP contribution in [0.3, 0.4) is 0 Å². The highest BCUT2D eigenvalue weighted by Gasteiger charge is 2.11. The molecule has 154 valence electrons. The lowest BCUT2D eigenvalue weighted by Crippen LogP contribution is -2.40. The van der Waals surface area contributed by atoms with Gasteiger partial charge >= 0.3 is 0 Å². The average Bonchev–Trinajstić information content (AvgIpc) is 3.37. The molecule has 29 heavy (non-hydrogen) atoms. The second-order valence-corrected chi connectivity index (χ2v) is 7.64. The van der Waals surface area contributed by atoms with E-state index in [1.165, 1.54) is 0 Å². The highest BCUT2D eigenvalue weighted by molar-refractivity contribution is 7.09. The largest absolute Gasteiger partial charge is 0.497 e. The lowest BCUT2D eigenvalue weighted by Gasteiger charge is -2.22. The summed E-state index contributed by atoms with van der Waals surface area (Å²) in [6, 6.07) is 7.96. The summed E-state index contributed by atoms with van der Waals surface area (Å²) in [5.41, 5.74) is 1.12. The van der Waals surface area contributed by atoms with Crippen molar-refractivity contribution in [1.29, 1.82) is 0 Å². The van der Waals surface area contributed by atoms with Crippen LogP contribution in [0, 0.1) is 6.92 Å². The van der Waals surface area contributed by atoms with Crippen molar-refractivity contribution in [1.82, 2.24) is 30.0 Å². The van der Waals surface area contributed by atoms with Crippen molar-refractivity contribution in [2.75, 3.05) is 20.7 Å². The van der Waals surface area contributed by atoms with Gasteiger partial charge in [-0.15, -0.1) is 21.5 Å². The van der Waals surface area contributed by atoms with Crippen LogP contribution >= 0.6 is 11.3 Å². The second-order valence-electron chi connectivity index (χ2n) is 6.66. The minimum Gasteiger partial charge on any atom is -0.497 e. The molecular weight excluding hydrogens is 386 g/mol. The van der Waals surface area contributed by atoms with Gasteiger partial charge in [-0.25, -0.2) is 9.98 Å². The maximum Gasteiger partial charge on any atom is 0.194 e. The van der Waals surface area contributed by atoms with Crippen LogP contribution in [0.5, 0.6) is 5.75 Å². The molecule has 3 aromatic rings. The molecule has 0 spiro atoms. The van der Waals surface area contributed by atoms with Crippen LogP contribution in [-0.2, 0) is 26.6 Å². The molecule has 2 aromatic heterocycles. The van der Waals surface area contributed by atoms with Crippen molar-refractivity contribution in [3.8, 4) is 5.75 Å². The summed E-state index contributed by atoms with van der Waals surface area (Å²) >= 11 is 1.67. The Labute approximate surface area is 175 Å². The summed E-state index contributed by atoms with van der Waals surface area (Å²) in [4.78, 5) is 11.3. The molecule has 0 aliphatic heterocycles. The Morgan fingerprint density at radius 2 is 2.07 bits per heavy atom. The number of aliphatic imine (C=N–C) groups is 1. The molecule has 0 unspecified atom stereocenters. The molecule has 0 aliphatic carbocycles. The quantitative estimate of drug-likeness (QED) is 0.451. The zero-order valence-electron chi connectivity index (χ0n) is 17.3. The number of ether oxygens (including phenoxy) is 1. The lowest BCUT2D eigenvalue weighted by atomic mass is 10.2. The fourth-order valence-corrected chi connectivity index (χ4v) is 3.33. The van der Waals surface area contributed by atoms with Crippen LogP contribution in [-0.4, -0.2) is 51.3 Å². The number of hydrogen-bond acceptors (Lipinski definition) is 6. The molecule has 0 amide bonds. The summed E-state index contributed by atoms with van der Waals surface area (Å²) < 4.78 is 7.20. The normalized spacial score (nSPS) is 11.5. The predicted molar refractivity (Wildman–Crippen MR) is 115 cm³/mol. The monoisotopic (exact) mass is 413 g/mol. The van der Waals surface area contributed by atoms with Gasteiger partial charge in [-0.3, -0.25) is 0 Å². The Balaban J connectivity index is 1.68. The van der Waals surface area contributed by atoms with E-state index in [0.717, 1.165) is 46.9 Å². The Bertz CT molecular complexity index is 919. The number of aromatic nitrogens is 4. The number of guanidine groups is 1. The van der Waals surface area contributed by atoms with Crippen molar-refractivity contribution < 1.29 is 4.74 Å². The number of hydrogen-bond donors (Lipinski definition) is 1. The van der Waals surface area contributed by atoms with Crippen LogP contribution in [0.2, 0.25) is 0 Å². The molecule has 0 saturated heterocycles. The van der Waals surface area contributed by atoms with Crippen LogP contribution in [0.4, 0.5) is 0 Å². The van der Waals surface area contributed by atoms with E-state index in [1.807, 2.05) is 61.4 Å². The summed E-state index contributed by atoms with van der Waals surface area (Å²) in [6.45, 7) is 3.89. The van der Waals surface area contributed by atoms with Crippen molar-refractivity contribution in [3.63, 3.8) is 0 Å². The predicted octanol–water partition coefficient (Wildman–Crippen LogP) is 2.41. The van der Waals surface area contributed by atoms with Gasteiger partial charge in [-0.05, 0) is 24.6 Å². The van der Waals surface area contributed by atoms with E-state index in [9.17, 15) is 0 Å². The first-order chi connectivity index (χ1) is 14.1. The SMILES string of the molecule is COc1ccc(CN=C(NCc2nnc(C)n2C)N(C)CCc2nccs2)cc1. The van der Waals surface area contributed by atoms with E-state index >= 15 is 0 Å². The van der Waals surface area contributed by atoms with Crippen molar-refractivity contribution in [3.05, 3.63) is 58.1 Å². The molecule has 0 bridgehead atoms. The molecule has 2 heterocycles. The van der Waals surface area contributed by atoms with Gasteiger partial charge < -0.3 is 19.5 Å². The number of rotatable bonds is 8. The molecule has 0 fully saturated rings. The zero-order valence-corrected chi connectivity index (χ0v) is 18.1. The number of methoxy groups -OCH3 is 1. The summed E-state index contributed by atoms with van der Waals surface area (Å²) in [5, 5.41) is 14.9. The Morgan fingerprint density at radius 3 is 2.69 bits per heavy atom. The highest BCUT2D eigenvalue weighted by atomic mass is 32.1. The van der Waals surface area contributed by atoms with Gasteiger partial charge in [-0.1, -0.05) is 12.1 Å². The molecule has 1 N–H and O–H groups in total. The first-order valence-corrected chi connectivity index (χ1v) is 10.3. The van der Waals surface area contributed by atoms with Crippen molar-refractivity contribution in [2.45, 2.75) is 26.4 Å². The maximum atomic E-state index is 5.22. The third-order valence-electron chi connectivity index (χ3n) is 4.66. The van der Waals surface area contributed by atoms with E-state index in [-0.39, 0.29) is 0 Å². The van der Waals surface area contributed by atoms with E-state index in [4.69, 9.17) is 9.73 Å². The third-order valence-corrected chi connectivity index (χ3v) is 5.50. The number of nitrogens with one attached hydrogen (secondary N) is 1. The second kappa shape index (κ2) is 10.0. The first kappa shape index (κ1) is 20.8. The molecule has 9 heteroatoms. The molecule has 1 aromatic carbocycles. The van der Waals surface area contributed by atoms with Gasteiger partial charge in [0, 0.05) is 38.6 Å². The summed E-state index contributed by atoms with van der Waals surface area (Å²) in [6.07, 6.45) is 2.72. The zero-order chi connectivity index (χ0) is 20.6. The van der Waals surface area contributed by atoms with Gasteiger partial charge in [0.05, 0.1) is 25.2 Å². The van der Waals surface area contributed by atoms with E-state index in [0.29, 0.717) is 13.1 Å². The molecule has 0 aliphatic rings. The van der Waals surface area contributed by atoms with Gasteiger partial charge in [-0.2, -0.15) is 0 Å². The van der Waals surface area contributed by atoms with Gasteiger partial charge in [0.15, 0.2) is 11.8 Å². The van der Waals surface area contributed by atoms with Crippen LogP contribution in [0.15, 0.2) is 40.8 Å². The van der Waals surface area contributed by atoms with Crippen molar-refractivity contribution >= 4 is 17.3 Å². The fraction of sp³-hybridized carbons (Fsp3) is 0.400. The van der Waals surface area contributed by atoms with Gasteiger partial charge in [0.2, 0.25) is 0 Å². The number of benzene rings is 1. The molecule has 0 radical (unpaired) electrons. The smallest absolute Gasteiger partial charge is 0.194 e. The van der Waals surface area contributed by atoms with Gasteiger partial charge in [0.25, 0.3) is 0 Å². The Kier molecular flexibility index (Phi) is 7.18. The van der Waals surface area contributed by atoms with E-state index in [1.54, 1.807) is 18.4 Å². The molecule has 8 nitrogen and oxygen atoms in total. The van der Waals surface area contributed by atoms with Crippen molar-refractivity contribution in [2.24, 2.45) is 12.0 Å². The number of aryl methyl sites for hydroxylation is 1. The number of nitrogens with zero attached hydrogens (tertiary/aromatic N) is 6. The molecule has 0 atom stereocenters. The Morgan fingerprint density at radius 1 is 1.28 bits per heavy atom. The van der Waals surface area contributed by atoms with Crippen LogP contribution < -0.4 is 10.1 Å². The summed E-state index contributed by atoms with van der Waals surface area (Å²) in [5.74, 6) is 3.41. The first-order valence-electron chi connectivity index (χ1n) is 9.42. The van der Waals surface area contributed by atoms with Crippen LogP contribution in [0.1, 0.15) is 22.2 Å². The Hall–Kier alpha value is -2.94. The number of likely N-dealkylation sites (N-methyl/N-ethyl adjacent to an activating group) is 1. The minimum atomic E-state index is 0.556. The highest BCUT2D eigenvalue weighted by Crippen LogP contribution is 2.12. The fourth-order valence-electron chi connectivity index (χ4n) is 2.72. The van der Waals surface area contributed by atoms with Crippen LogP contribution in [0.25, 0.3) is 0 Å². The topological polar surface area (TPSA) is 80.5 Å². The number of thiazole rings is 1.